The molecule has 4 nitrogen and oxygen atoms in total. The van der Waals surface area contributed by atoms with Crippen LogP contribution in [0.1, 0.15) is 36.2 Å². The summed E-state index contributed by atoms with van der Waals surface area (Å²) in [5.41, 5.74) is 4.78. The zero-order chi connectivity index (χ0) is 14.5. The highest BCUT2D eigenvalue weighted by Crippen LogP contribution is 2.26. The molecule has 0 aliphatic heterocycles. The molecule has 1 heterocycles. The van der Waals surface area contributed by atoms with Crippen LogP contribution < -0.4 is 4.74 Å². The van der Waals surface area contributed by atoms with Gasteiger partial charge in [-0.1, -0.05) is 22.9 Å². The first kappa shape index (κ1) is 14.6. The van der Waals surface area contributed by atoms with E-state index in [0.29, 0.717) is 6.61 Å². The first-order valence-corrected chi connectivity index (χ1v) is 7.26. The van der Waals surface area contributed by atoms with Crippen molar-refractivity contribution in [1.29, 1.82) is 0 Å². The van der Waals surface area contributed by atoms with Crippen molar-refractivity contribution in [2.24, 2.45) is 0 Å². The number of benzene rings is 1. The van der Waals surface area contributed by atoms with Crippen LogP contribution >= 0.6 is 0 Å². The van der Waals surface area contributed by atoms with Crippen LogP contribution in [0, 0.1) is 13.8 Å². The van der Waals surface area contributed by atoms with Gasteiger partial charge in [0.25, 0.3) is 0 Å². The Hall–Kier alpha value is -1.84. The minimum absolute atomic E-state index is 0.697. The van der Waals surface area contributed by atoms with Gasteiger partial charge in [-0.15, -0.1) is 5.10 Å². The number of aryl methyl sites for hydroxylation is 5. The zero-order valence-corrected chi connectivity index (χ0v) is 12.8. The van der Waals surface area contributed by atoms with Crippen molar-refractivity contribution >= 4 is 0 Å². The molecular formula is C16H23N3O. The molecule has 0 spiro atoms. The third kappa shape index (κ3) is 3.38. The van der Waals surface area contributed by atoms with Crippen molar-refractivity contribution in [1.82, 2.24) is 15.0 Å². The molecule has 108 valence electrons. The summed E-state index contributed by atoms with van der Waals surface area (Å²) < 4.78 is 7.66. The van der Waals surface area contributed by atoms with Gasteiger partial charge in [0.1, 0.15) is 5.75 Å². The van der Waals surface area contributed by atoms with E-state index in [4.69, 9.17) is 4.74 Å². The van der Waals surface area contributed by atoms with Crippen molar-refractivity contribution in [3.05, 3.63) is 40.7 Å². The van der Waals surface area contributed by atoms with E-state index in [-0.39, 0.29) is 0 Å². The van der Waals surface area contributed by atoms with E-state index >= 15 is 0 Å². The summed E-state index contributed by atoms with van der Waals surface area (Å²) in [5, 5.41) is 8.27. The maximum absolute atomic E-state index is 5.80. The lowest BCUT2D eigenvalue weighted by molar-refractivity contribution is 0.334. The summed E-state index contributed by atoms with van der Waals surface area (Å²) in [7, 11) is 0. The van der Waals surface area contributed by atoms with Crippen LogP contribution in [-0.2, 0) is 19.4 Å². The maximum atomic E-state index is 5.80. The van der Waals surface area contributed by atoms with E-state index in [2.05, 4.69) is 43.2 Å². The van der Waals surface area contributed by atoms with Gasteiger partial charge in [-0.05, 0) is 51.7 Å². The average molecular weight is 273 g/mol. The standard InChI is InChI=1S/C16H23N3O/c1-5-19-11-15(17-18-19)8-7-14-10-12(3)9-13(4)16(14)20-6-2/h9-11H,5-8H2,1-4H3. The van der Waals surface area contributed by atoms with Gasteiger partial charge in [-0.25, -0.2) is 0 Å². The van der Waals surface area contributed by atoms with Crippen molar-refractivity contribution in [2.45, 2.75) is 47.1 Å². The second-order valence-electron chi connectivity index (χ2n) is 5.07. The van der Waals surface area contributed by atoms with Crippen LogP contribution in [0.15, 0.2) is 18.3 Å². The number of nitrogens with zero attached hydrogens (tertiary/aromatic N) is 3. The number of rotatable bonds is 6. The molecule has 0 fully saturated rings. The minimum atomic E-state index is 0.697. The van der Waals surface area contributed by atoms with E-state index < -0.39 is 0 Å². The molecule has 0 amide bonds. The molecule has 2 aromatic rings. The van der Waals surface area contributed by atoms with Gasteiger partial charge in [0.05, 0.1) is 12.3 Å². The number of aromatic nitrogens is 3. The molecule has 1 aromatic carbocycles. The third-order valence-electron chi connectivity index (χ3n) is 3.35. The maximum Gasteiger partial charge on any atom is 0.125 e. The Balaban J connectivity index is 2.15. The summed E-state index contributed by atoms with van der Waals surface area (Å²) in [6.07, 6.45) is 3.84. The van der Waals surface area contributed by atoms with Crippen LogP contribution in [-0.4, -0.2) is 21.6 Å². The molecule has 0 N–H and O–H groups in total. The lowest BCUT2D eigenvalue weighted by Crippen LogP contribution is -2.02. The fourth-order valence-electron chi connectivity index (χ4n) is 2.45. The molecule has 0 unspecified atom stereocenters. The topological polar surface area (TPSA) is 39.9 Å². The van der Waals surface area contributed by atoms with Crippen molar-refractivity contribution in [2.75, 3.05) is 6.61 Å². The molecule has 1 aromatic heterocycles. The Kier molecular flexibility index (Phi) is 4.77. The van der Waals surface area contributed by atoms with E-state index in [1.807, 2.05) is 17.8 Å². The molecule has 20 heavy (non-hydrogen) atoms. The fraction of sp³-hybridized carbons (Fsp3) is 0.500. The Morgan fingerprint density at radius 1 is 1.15 bits per heavy atom. The Bertz CT molecular complexity index is 575. The van der Waals surface area contributed by atoms with Gasteiger partial charge in [0.15, 0.2) is 0 Å². The summed E-state index contributed by atoms with van der Waals surface area (Å²) in [6.45, 7) is 9.88. The lowest BCUT2D eigenvalue weighted by atomic mass is 10.0. The first-order chi connectivity index (χ1) is 9.63. The molecule has 0 radical (unpaired) electrons. The number of ether oxygens (including phenoxy) is 1. The van der Waals surface area contributed by atoms with Gasteiger partial charge >= 0.3 is 0 Å². The quantitative estimate of drug-likeness (QED) is 0.812. The molecule has 0 saturated heterocycles. The largest absolute Gasteiger partial charge is 0.493 e. The lowest BCUT2D eigenvalue weighted by Gasteiger charge is -2.14. The van der Waals surface area contributed by atoms with Gasteiger partial charge in [0, 0.05) is 12.7 Å². The molecular weight excluding hydrogens is 250 g/mol. The predicted molar refractivity (Wildman–Crippen MR) is 80.2 cm³/mol. The summed E-state index contributed by atoms with van der Waals surface area (Å²) >= 11 is 0. The number of hydrogen-bond donors (Lipinski definition) is 0. The predicted octanol–water partition coefficient (Wildman–Crippen LogP) is 3.10. The van der Waals surface area contributed by atoms with Crippen molar-refractivity contribution in [3.8, 4) is 5.75 Å². The molecule has 4 heteroatoms. The summed E-state index contributed by atoms with van der Waals surface area (Å²) in [4.78, 5) is 0. The van der Waals surface area contributed by atoms with E-state index in [1.165, 1.54) is 16.7 Å². The molecule has 0 saturated carbocycles. The Labute approximate surface area is 120 Å². The second kappa shape index (κ2) is 6.55. The van der Waals surface area contributed by atoms with E-state index in [0.717, 1.165) is 30.8 Å². The monoisotopic (exact) mass is 273 g/mol. The van der Waals surface area contributed by atoms with Gasteiger partial charge in [0.2, 0.25) is 0 Å². The molecule has 0 aliphatic rings. The normalized spacial score (nSPS) is 10.8. The smallest absolute Gasteiger partial charge is 0.125 e. The Morgan fingerprint density at radius 3 is 2.60 bits per heavy atom. The van der Waals surface area contributed by atoms with Crippen LogP contribution in [0.4, 0.5) is 0 Å². The molecule has 0 bridgehead atoms. The van der Waals surface area contributed by atoms with Gasteiger partial charge < -0.3 is 4.74 Å². The molecule has 0 aliphatic carbocycles. The highest BCUT2D eigenvalue weighted by Gasteiger charge is 2.09. The van der Waals surface area contributed by atoms with Gasteiger partial charge in [-0.2, -0.15) is 0 Å². The number of hydrogen-bond acceptors (Lipinski definition) is 3. The SMILES string of the molecule is CCOc1c(C)cc(C)cc1CCc1cn(CC)nn1. The highest BCUT2D eigenvalue weighted by molar-refractivity contribution is 5.44. The summed E-state index contributed by atoms with van der Waals surface area (Å²) in [5.74, 6) is 1.03. The van der Waals surface area contributed by atoms with Crippen LogP contribution in [0.2, 0.25) is 0 Å². The first-order valence-electron chi connectivity index (χ1n) is 7.26. The second-order valence-corrected chi connectivity index (χ2v) is 5.07. The average Bonchev–Trinajstić information content (AvgIpc) is 2.88. The summed E-state index contributed by atoms with van der Waals surface area (Å²) in [6, 6.07) is 4.38. The molecule has 2 rings (SSSR count). The van der Waals surface area contributed by atoms with Crippen LogP contribution in [0.5, 0.6) is 5.75 Å². The van der Waals surface area contributed by atoms with E-state index in [1.54, 1.807) is 0 Å². The third-order valence-corrected chi connectivity index (χ3v) is 3.35. The van der Waals surface area contributed by atoms with Crippen molar-refractivity contribution < 1.29 is 4.74 Å². The minimum Gasteiger partial charge on any atom is -0.493 e. The van der Waals surface area contributed by atoms with Crippen LogP contribution in [0.3, 0.4) is 0 Å². The fourth-order valence-corrected chi connectivity index (χ4v) is 2.45. The van der Waals surface area contributed by atoms with E-state index in [9.17, 15) is 0 Å². The zero-order valence-electron chi connectivity index (χ0n) is 12.8. The molecule has 0 atom stereocenters. The van der Waals surface area contributed by atoms with Crippen molar-refractivity contribution in [3.63, 3.8) is 0 Å². The Morgan fingerprint density at radius 2 is 1.95 bits per heavy atom. The van der Waals surface area contributed by atoms with Gasteiger partial charge in [-0.3, -0.25) is 4.68 Å². The van der Waals surface area contributed by atoms with Crippen LogP contribution in [0.25, 0.3) is 0 Å². The highest BCUT2D eigenvalue weighted by atomic mass is 16.5.